The standard InChI is InChI=1S/C24H18N6O/c31-24-20-7-2-16(14-17(20)15-26-24)22-9-8-21(23-25-11-13-29(22)23)28-18-3-5-19(6-4-18)30-12-1-10-27-30/h1-15,26,28,31H. The van der Waals surface area contributed by atoms with Crippen molar-refractivity contribution in [3.63, 3.8) is 0 Å². The molecule has 0 radical (unpaired) electrons. The summed E-state index contributed by atoms with van der Waals surface area (Å²) >= 11 is 0. The summed E-state index contributed by atoms with van der Waals surface area (Å²) in [5, 5.41) is 19.4. The molecule has 4 heterocycles. The van der Waals surface area contributed by atoms with Gasteiger partial charge in [0.25, 0.3) is 0 Å². The zero-order chi connectivity index (χ0) is 20.8. The number of pyridine rings is 1. The van der Waals surface area contributed by atoms with Crippen molar-refractivity contribution >= 4 is 27.8 Å². The summed E-state index contributed by atoms with van der Waals surface area (Å²) in [7, 11) is 0. The lowest BCUT2D eigenvalue weighted by molar-refractivity contribution is 0.462. The van der Waals surface area contributed by atoms with Crippen molar-refractivity contribution in [1.29, 1.82) is 0 Å². The highest BCUT2D eigenvalue weighted by Crippen LogP contribution is 2.31. The molecule has 0 aliphatic heterocycles. The van der Waals surface area contributed by atoms with Crippen LogP contribution in [0.25, 0.3) is 33.4 Å². The number of nitrogens with zero attached hydrogens (tertiary/aromatic N) is 4. The predicted octanol–water partition coefficient (Wildman–Crippen LogP) is 5.12. The van der Waals surface area contributed by atoms with E-state index in [0.717, 1.165) is 44.7 Å². The van der Waals surface area contributed by atoms with Crippen LogP contribution >= 0.6 is 0 Å². The highest BCUT2D eigenvalue weighted by molar-refractivity contribution is 5.91. The average molecular weight is 406 g/mol. The first-order valence-electron chi connectivity index (χ1n) is 9.90. The number of benzene rings is 2. The van der Waals surface area contributed by atoms with Crippen molar-refractivity contribution in [1.82, 2.24) is 24.1 Å². The van der Waals surface area contributed by atoms with Gasteiger partial charge in [-0.1, -0.05) is 6.07 Å². The number of H-pyrrole nitrogens is 1. The zero-order valence-corrected chi connectivity index (χ0v) is 16.4. The maximum Gasteiger partial charge on any atom is 0.196 e. The van der Waals surface area contributed by atoms with E-state index in [1.165, 1.54) is 0 Å². The van der Waals surface area contributed by atoms with Crippen LogP contribution < -0.4 is 5.32 Å². The summed E-state index contributed by atoms with van der Waals surface area (Å²) in [6, 6.07) is 20.1. The second-order valence-corrected chi connectivity index (χ2v) is 7.31. The Morgan fingerprint density at radius 3 is 2.68 bits per heavy atom. The first-order valence-corrected chi connectivity index (χ1v) is 9.90. The molecular weight excluding hydrogens is 388 g/mol. The van der Waals surface area contributed by atoms with Crippen molar-refractivity contribution in [3.8, 4) is 22.8 Å². The minimum atomic E-state index is 0.187. The summed E-state index contributed by atoms with van der Waals surface area (Å²) < 4.78 is 3.89. The molecule has 2 aromatic carbocycles. The number of nitrogens with one attached hydrogen (secondary N) is 2. The predicted molar refractivity (Wildman–Crippen MR) is 121 cm³/mol. The molecule has 6 aromatic rings. The molecule has 0 spiro atoms. The van der Waals surface area contributed by atoms with E-state index in [1.807, 2.05) is 71.8 Å². The Bertz CT molecular complexity index is 1510. The molecule has 0 bridgehead atoms. The molecule has 7 nitrogen and oxygen atoms in total. The fraction of sp³-hybridized carbons (Fsp3) is 0. The molecule has 0 unspecified atom stereocenters. The zero-order valence-electron chi connectivity index (χ0n) is 16.4. The SMILES string of the molecule is Oc1[nH]cc2cc(-c3ccc(Nc4ccc(-n5cccn5)cc4)c4nccn34)ccc12. The first kappa shape index (κ1) is 17.3. The Labute approximate surface area is 177 Å². The minimum absolute atomic E-state index is 0.187. The van der Waals surface area contributed by atoms with E-state index in [4.69, 9.17) is 0 Å². The Kier molecular flexibility index (Phi) is 3.79. The summed E-state index contributed by atoms with van der Waals surface area (Å²) in [4.78, 5) is 7.42. The van der Waals surface area contributed by atoms with Crippen molar-refractivity contribution in [3.05, 3.63) is 91.6 Å². The molecule has 31 heavy (non-hydrogen) atoms. The van der Waals surface area contributed by atoms with E-state index >= 15 is 0 Å². The fourth-order valence-corrected chi connectivity index (χ4v) is 3.90. The fourth-order valence-electron chi connectivity index (χ4n) is 3.90. The Morgan fingerprint density at radius 2 is 1.84 bits per heavy atom. The van der Waals surface area contributed by atoms with E-state index in [1.54, 1.807) is 12.4 Å². The van der Waals surface area contributed by atoms with E-state index in [-0.39, 0.29) is 5.88 Å². The van der Waals surface area contributed by atoms with Gasteiger partial charge in [0.15, 0.2) is 11.5 Å². The van der Waals surface area contributed by atoms with Crippen LogP contribution in [-0.2, 0) is 0 Å². The number of hydrogen-bond donors (Lipinski definition) is 3. The number of anilines is 2. The third-order valence-corrected chi connectivity index (χ3v) is 5.43. The molecule has 4 aromatic heterocycles. The molecule has 0 saturated heterocycles. The summed E-state index contributed by atoms with van der Waals surface area (Å²) in [5.74, 6) is 0.187. The van der Waals surface area contributed by atoms with Gasteiger partial charge in [0.1, 0.15) is 0 Å². The number of imidazole rings is 1. The topological polar surface area (TPSA) is 83.2 Å². The van der Waals surface area contributed by atoms with Gasteiger partial charge in [0.2, 0.25) is 0 Å². The smallest absolute Gasteiger partial charge is 0.196 e. The normalized spacial score (nSPS) is 11.4. The average Bonchev–Trinajstić information content (AvgIpc) is 3.56. The monoisotopic (exact) mass is 406 g/mol. The Morgan fingerprint density at radius 1 is 0.935 bits per heavy atom. The number of rotatable bonds is 4. The summed E-state index contributed by atoms with van der Waals surface area (Å²) in [6.07, 6.45) is 9.24. The molecule has 3 N–H and O–H groups in total. The number of hydrogen-bond acceptors (Lipinski definition) is 4. The molecule has 0 aliphatic carbocycles. The van der Waals surface area contributed by atoms with Crippen molar-refractivity contribution < 1.29 is 5.11 Å². The molecule has 0 aliphatic rings. The quantitative estimate of drug-likeness (QED) is 0.380. The first-order chi connectivity index (χ1) is 15.3. The van der Waals surface area contributed by atoms with Gasteiger partial charge in [-0.3, -0.25) is 4.40 Å². The van der Waals surface area contributed by atoms with Gasteiger partial charge in [-0.05, 0) is 60.2 Å². The van der Waals surface area contributed by atoms with Crippen LogP contribution in [-0.4, -0.2) is 29.3 Å². The number of aromatic amines is 1. The minimum Gasteiger partial charge on any atom is -0.494 e. The number of aromatic nitrogens is 5. The highest BCUT2D eigenvalue weighted by atomic mass is 16.3. The molecule has 0 fully saturated rings. The van der Waals surface area contributed by atoms with Crippen LogP contribution in [0.3, 0.4) is 0 Å². The molecule has 6 rings (SSSR count). The van der Waals surface area contributed by atoms with E-state index in [9.17, 15) is 5.11 Å². The Hall–Kier alpha value is -4.52. The molecule has 150 valence electrons. The maximum atomic E-state index is 9.87. The van der Waals surface area contributed by atoms with Crippen LogP contribution in [0.1, 0.15) is 0 Å². The lowest BCUT2D eigenvalue weighted by Crippen LogP contribution is -1.98. The Balaban J connectivity index is 1.36. The largest absolute Gasteiger partial charge is 0.494 e. The summed E-state index contributed by atoms with van der Waals surface area (Å²) in [6.45, 7) is 0. The van der Waals surface area contributed by atoms with Gasteiger partial charge in [-0.2, -0.15) is 5.10 Å². The van der Waals surface area contributed by atoms with E-state index in [2.05, 4.69) is 36.9 Å². The lowest BCUT2D eigenvalue weighted by Gasteiger charge is -2.12. The van der Waals surface area contributed by atoms with Gasteiger partial charge < -0.3 is 15.4 Å². The number of aromatic hydroxyl groups is 1. The third-order valence-electron chi connectivity index (χ3n) is 5.43. The van der Waals surface area contributed by atoms with Gasteiger partial charge in [-0.15, -0.1) is 0 Å². The molecule has 0 atom stereocenters. The lowest BCUT2D eigenvalue weighted by atomic mass is 10.1. The van der Waals surface area contributed by atoms with Crippen molar-refractivity contribution in [2.45, 2.75) is 0 Å². The molecule has 0 saturated carbocycles. The van der Waals surface area contributed by atoms with Gasteiger partial charge >= 0.3 is 0 Å². The van der Waals surface area contributed by atoms with Crippen molar-refractivity contribution in [2.24, 2.45) is 0 Å². The van der Waals surface area contributed by atoms with Gasteiger partial charge in [0, 0.05) is 47.4 Å². The van der Waals surface area contributed by atoms with Crippen LogP contribution in [0, 0.1) is 0 Å². The second-order valence-electron chi connectivity index (χ2n) is 7.31. The van der Waals surface area contributed by atoms with E-state index < -0.39 is 0 Å². The van der Waals surface area contributed by atoms with Crippen LogP contribution in [0.4, 0.5) is 11.4 Å². The maximum absolute atomic E-state index is 9.87. The van der Waals surface area contributed by atoms with E-state index in [0.29, 0.717) is 0 Å². The third kappa shape index (κ3) is 2.91. The van der Waals surface area contributed by atoms with Crippen LogP contribution in [0.15, 0.2) is 91.6 Å². The van der Waals surface area contributed by atoms with Gasteiger partial charge in [0.05, 0.1) is 17.1 Å². The highest BCUT2D eigenvalue weighted by Gasteiger charge is 2.11. The summed E-state index contributed by atoms with van der Waals surface area (Å²) in [5.41, 5.74) is 5.80. The van der Waals surface area contributed by atoms with Crippen LogP contribution in [0.5, 0.6) is 5.88 Å². The molecular formula is C24H18N6O. The van der Waals surface area contributed by atoms with Gasteiger partial charge in [-0.25, -0.2) is 9.67 Å². The number of fused-ring (bicyclic) bond motifs is 2. The molecule has 0 amide bonds. The van der Waals surface area contributed by atoms with Crippen LogP contribution in [0.2, 0.25) is 0 Å². The second kappa shape index (κ2) is 6.77. The molecule has 7 heteroatoms. The van der Waals surface area contributed by atoms with Crippen molar-refractivity contribution in [2.75, 3.05) is 5.32 Å².